The average Bonchev–Trinajstić information content (AvgIpc) is 2.36. The number of amides is 2. The van der Waals surface area contributed by atoms with E-state index in [1.807, 2.05) is 0 Å². The molecule has 1 aliphatic rings. The van der Waals surface area contributed by atoms with E-state index in [0.29, 0.717) is 30.8 Å². The maximum absolute atomic E-state index is 12.4. The summed E-state index contributed by atoms with van der Waals surface area (Å²) in [5.74, 6) is 0.801. The standard InChI is InChI=1S/C16H30N2O2/c1-12(2)10-18(11-13(3)4)16(20)15(19)17-8-6-14(5)7-9-17/h12-14H,6-11H2,1-5H3. The van der Waals surface area contributed by atoms with Gasteiger partial charge in [-0.05, 0) is 30.6 Å². The van der Waals surface area contributed by atoms with Gasteiger partial charge in [-0.3, -0.25) is 9.59 Å². The molecule has 2 amide bonds. The molecule has 0 radical (unpaired) electrons. The predicted octanol–water partition coefficient (Wildman–Crippen LogP) is 2.39. The second-order valence-electron chi connectivity index (χ2n) is 6.97. The Bertz CT molecular complexity index is 321. The predicted molar refractivity (Wildman–Crippen MR) is 81.2 cm³/mol. The molecule has 1 aliphatic heterocycles. The molecule has 0 bridgehead atoms. The van der Waals surface area contributed by atoms with Gasteiger partial charge in [-0.25, -0.2) is 0 Å². The topological polar surface area (TPSA) is 40.6 Å². The van der Waals surface area contributed by atoms with Crippen LogP contribution in [-0.4, -0.2) is 47.8 Å². The molecule has 0 aliphatic carbocycles. The monoisotopic (exact) mass is 282 g/mol. The molecule has 0 unspecified atom stereocenters. The Hall–Kier alpha value is -1.06. The fourth-order valence-corrected chi connectivity index (χ4v) is 2.60. The minimum atomic E-state index is -0.318. The number of nitrogens with zero attached hydrogens (tertiary/aromatic N) is 2. The molecule has 4 heteroatoms. The van der Waals surface area contributed by atoms with Crippen molar-refractivity contribution < 1.29 is 9.59 Å². The molecule has 0 aromatic heterocycles. The van der Waals surface area contributed by atoms with Crippen molar-refractivity contribution >= 4 is 11.8 Å². The molecule has 0 saturated carbocycles. The van der Waals surface area contributed by atoms with E-state index in [1.54, 1.807) is 9.80 Å². The molecule has 0 atom stereocenters. The van der Waals surface area contributed by atoms with Crippen molar-refractivity contribution in [3.63, 3.8) is 0 Å². The smallest absolute Gasteiger partial charge is 0.312 e. The molecular weight excluding hydrogens is 252 g/mol. The normalized spacial score (nSPS) is 16.9. The van der Waals surface area contributed by atoms with Crippen LogP contribution in [0.2, 0.25) is 0 Å². The first-order chi connectivity index (χ1) is 9.31. The van der Waals surface area contributed by atoms with Gasteiger partial charge in [0, 0.05) is 26.2 Å². The highest BCUT2D eigenvalue weighted by atomic mass is 16.2. The van der Waals surface area contributed by atoms with Gasteiger partial charge in [0.2, 0.25) is 0 Å². The summed E-state index contributed by atoms with van der Waals surface area (Å²) < 4.78 is 0. The SMILES string of the molecule is CC(C)CN(CC(C)C)C(=O)C(=O)N1CCC(C)CC1. The van der Waals surface area contributed by atoms with E-state index in [2.05, 4.69) is 34.6 Å². The van der Waals surface area contributed by atoms with Gasteiger partial charge in [-0.1, -0.05) is 34.6 Å². The Morgan fingerprint density at radius 2 is 1.50 bits per heavy atom. The summed E-state index contributed by atoms with van der Waals surface area (Å²) >= 11 is 0. The lowest BCUT2D eigenvalue weighted by Crippen LogP contribution is -2.49. The van der Waals surface area contributed by atoms with Crippen molar-refractivity contribution in [3.8, 4) is 0 Å². The summed E-state index contributed by atoms with van der Waals surface area (Å²) in [6.07, 6.45) is 2.01. The summed E-state index contributed by atoms with van der Waals surface area (Å²) in [5, 5.41) is 0. The number of carbonyl (C=O) groups excluding carboxylic acids is 2. The van der Waals surface area contributed by atoms with Crippen LogP contribution in [0.4, 0.5) is 0 Å². The highest BCUT2D eigenvalue weighted by Gasteiger charge is 2.29. The Kier molecular flexibility index (Phi) is 6.50. The summed E-state index contributed by atoms with van der Waals surface area (Å²) in [7, 11) is 0. The van der Waals surface area contributed by atoms with Crippen LogP contribution in [0, 0.1) is 17.8 Å². The van der Waals surface area contributed by atoms with Crippen molar-refractivity contribution in [2.75, 3.05) is 26.2 Å². The number of carbonyl (C=O) groups is 2. The second-order valence-corrected chi connectivity index (χ2v) is 6.97. The molecule has 1 rings (SSSR count). The van der Waals surface area contributed by atoms with E-state index in [4.69, 9.17) is 0 Å². The lowest BCUT2D eigenvalue weighted by molar-refractivity contribution is -0.153. The van der Waals surface area contributed by atoms with Gasteiger partial charge in [0.1, 0.15) is 0 Å². The number of piperidine rings is 1. The molecule has 1 fully saturated rings. The van der Waals surface area contributed by atoms with Crippen molar-refractivity contribution in [2.45, 2.75) is 47.5 Å². The van der Waals surface area contributed by atoms with Crippen molar-refractivity contribution in [1.29, 1.82) is 0 Å². The lowest BCUT2D eigenvalue weighted by Gasteiger charge is -2.32. The van der Waals surface area contributed by atoms with Crippen molar-refractivity contribution in [2.24, 2.45) is 17.8 Å². The molecule has 0 aromatic rings. The van der Waals surface area contributed by atoms with Crippen LogP contribution in [0.5, 0.6) is 0 Å². The Morgan fingerprint density at radius 1 is 1.05 bits per heavy atom. The molecular formula is C16H30N2O2. The largest absolute Gasteiger partial charge is 0.334 e. The van der Waals surface area contributed by atoms with Crippen LogP contribution in [-0.2, 0) is 9.59 Å². The van der Waals surface area contributed by atoms with E-state index < -0.39 is 0 Å². The van der Waals surface area contributed by atoms with Crippen molar-refractivity contribution in [3.05, 3.63) is 0 Å². The number of hydrogen-bond donors (Lipinski definition) is 0. The zero-order chi connectivity index (χ0) is 15.3. The van der Waals surface area contributed by atoms with Crippen LogP contribution in [0.15, 0.2) is 0 Å². The fourth-order valence-electron chi connectivity index (χ4n) is 2.60. The molecule has 0 N–H and O–H groups in total. The van der Waals surface area contributed by atoms with Crippen LogP contribution in [0.1, 0.15) is 47.5 Å². The maximum atomic E-state index is 12.4. The van der Waals surface area contributed by atoms with Gasteiger partial charge in [0.25, 0.3) is 0 Å². The van der Waals surface area contributed by atoms with Gasteiger partial charge in [0.05, 0.1) is 0 Å². The Labute approximate surface area is 123 Å². The third-order valence-electron chi connectivity index (χ3n) is 3.71. The molecule has 4 nitrogen and oxygen atoms in total. The lowest BCUT2D eigenvalue weighted by atomic mass is 9.99. The molecule has 20 heavy (non-hydrogen) atoms. The van der Waals surface area contributed by atoms with E-state index >= 15 is 0 Å². The third kappa shape index (κ3) is 5.14. The minimum absolute atomic E-state index is 0.307. The summed E-state index contributed by atoms with van der Waals surface area (Å²) in [6, 6.07) is 0. The maximum Gasteiger partial charge on any atom is 0.312 e. The second kappa shape index (κ2) is 7.65. The van der Waals surface area contributed by atoms with Gasteiger partial charge in [-0.15, -0.1) is 0 Å². The van der Waals surface area contributed by atoms with E-state index in [1.165, 1.54) is 0 Å². The molecule has 1 saturated heterocycles. The van der Waals surface area contributed by atoms with E-state index in [-0.39, 0.29) is 11.8 Å². The summed E-state index contributed by atoms with van der Waals surface area (Å²) in [5.41, 5.74) is 0. The zero-order valence-electron chi connectivity index (χ0n) is 13.7. The van der Waals surface area contributed by atoms with Crippen LogP contribution in [0.25, 0.3) is 0 Å². The fraction of sp³-hybridized carbons (Fsp3) is 0.875. The molecule has 116 valence electrons. The number of rotatable bonds is 4. The molecule has 0 spiro atoms. The molecule has 1 heterocycles. The van der Waals surface area contributed by atoms with E-state index in [0.717, 1.165) is 25.9 Å². The first-order valence-electron chi connectivity index (χ1n) is 7.89. The zero-order valence-corrected chi connectivity index (χ0v) is 13.7. The first kappa shape index (κ1) is 17.0. The highest BCUT2D eigenvalue weighted by molar-refractivity contribution is 6.34. The van der Waals surface area contributed by atoms with Crippen LogP contribution < -0.4 is 0 Å². The van der Waals surface area contributed by atoms with Gasteiger partial charge >= 0.3 is 11.8 Å². The van der Waals surface area contributed by atoms with Gasteiger partial charge in [0.15, 0.2) is 0 Å². The molecule has 0 aromatic carbocycles. The van der Waals surface area contributed by atoms with Crippen LogP contribution in [0.3, 0.4) is 0 Å². The Balaban J connectivity index is 2.65. The Morgan fingerprint density at radius 3 is 1.90 bits per heavy atom. The van der Waals surface area contributed by atoms with Gasteiger partial charge in [-0.2, -0.15) is 0 Å². The van der Waals surface area contributed by atoms with Gasteiger partial charge < -0.3 is 9.80 Å². The quantitative estimate of drug-likeness (QED) is 0.743. The van der Waals surface area contributed by atoms with Crippen LogP contribution >= 0.6 is 0 Å². The highest BCUT2D eigenvalue weighted by Crippen LogP contribution is 2.17. The van der Waals surface area contributed by atoms with Crippen molar-refractivity contribution in [1.82, 2.24) is 9.80 Å². The number of likely N-dealkylation sites (tertiary alicyclic amines) is 1. The summed E-state index contributed by atoms with van der Waals surface area (Å²) in [4.78, 5) is 28.2. The van der Waals surface area contributed by atoms with E-state index in [9.17, 15) is 9.59 Å². The minimum Gasteiger partial charge on any atom is -0.334 e. The third-order valence-corrected chi connectivity index (χ3v) is 3.71. The first-order valence-corrected chi connectivity index (χ1v) is 7.89. The number of hydrogen-bond acceptors (Lipinski definition) is 2. The summed E-state index contributed by atoms with van der Waals surface area (Å²) in [6.45, 7) is 13.3. The average molecular weight is 282 g/mol.